The minimum atomic E-state index is -0.965. The summed E-state index contributed by atoms with van der Waals surface area (Å²) in [6.45, 7) is 11.3. The third-order valence-corrected chi connectivity index (χ3v) is 7.48. The number of hydrogen-bond acceptors (Lipinski definition) is 3. The highest BCUT2D eigenvalue weighted by Gasteiger charge is 2.52. The van der Waals surface area contributed by atoms with Crippen molar-refractivity contribution in [2.45, 2.75) is 90.4 Å². The van der Waals surface area contributed by atoms with Gasteiger partial charge in [0.1, 0.15) is 0 Å². The molecule has 0 aliphatic carbocycles. The van der Waals surface area contributed by atoms with Crippen molar-refractivity contribution in [1.82, 2.24) is 10.2 Å². The van der Waals surface area contributed by atoms with Crippen LogP contribution in [0.3, 0.4) is 0 Å². The molecule has 2 aromatic carbocycles. The smallest absolute Gasteiger partial charge is 0.229 e. The van der Waals surface area contributed by atoms with Gasteiger partial charge in [0.25, 0.3) is 0 Å². The van der Waals surface area contributed by atoms with Crippen LogP contribution in [0.5, 0.6) is 0 Å². The lowest BCUT2D eigenvalue weighted by molar-refractivity contribution is -0.160. The summed E-state index contributed by atoms with van der Waals surface area (Å²) >= 11 is 12.6. The molecule has 0 saturated carbocycles. The fraction of sp³-hybridized carbons (Fsp3) is 0.517. The van der Waals surface area contributed by atoms with Gasteiger partial charge in [0, 0.05) is 27.9 Å². The summed E-state index contributed by atoms with van der Waals surface area (Å²) in [6, 6.07) is 14.4. The molecule has 0 unspecified atom stereocenters. The van der Waals surface area contributed by atoms with E-state index in [4.69, 9.17) is 23.2 Å². The summed E-state index contributed by atoms with van der Waals surface area (Å²) in [5.41, 5.74) is 0.545. The minimum Gasteiger partial charge on any atom is -0.391 e. The number of aliphatic hydroxyl groups is 1. The van der Waals surface area contributed by atoms with Gasteiger partial charge in [-0.25, -0.2) is 0 Å². The van der Waals surface area contributed by atoms with E-state index in [-0.39, 0.29) is 30.2 Å². The molecule has 3 rings (SSSR count). The summed E-state index contributed by atoms with van der Waals surface area (Å²) in [5, 5.41) is 15.0. The summed E-state index contributed by atoms with van der Waals surface area (Å²) < 4.78 is 0. The van der Waals surface area contributed by atoms with Crippen LogP contribution in [-0.4, -0.2) is 39.5 Å². The zero-order chi connectivity index (χ0) is 26.8. The van der Waals surface area contributed by atoms with Crippen LogP contribution < -0.4 is 5.32 Å². The highest BCUT2D eigenvalue weighted by atomic mass is 35.5. The maximum atomic E-state index is 14.3. The van der Waals surface area contributed by atoms with Crippen LogP contribution in [0.2, 0.25) is 10.0 Å². The first kappa shape index (κ1) is 28.5. The molecular formula is C29H38Cl2N2O3. The van der Waals surface area contributed by atoms with Crippen LogP contribution in [-0.2, 0) is 9.59 Å². The number of rotatable bonds is 7. The summed E-state index contributed by atoms with van der Waals surface area (Å²) in [6.07, 6.45) is 0.337. The van der Waals surface area contributed by atoms with Crippen LogP contribution in [0.4, 0.5) is 0 Å². The largest absolute Gasteiger partial charge is 0.391 e. The Morgan fingerprint density at radius 2 is 1.78 bits per heavy atom. The average Bonchev–Trinajstić information content (AvgIpc) is 2.76. The number of piperidine rings is 1. The van der Waals surface area contributed by atoms with E-state index < -0.39 is 23.1 Å². The van der Waals surface area contributed by atoms with Crippen molar-refractivity contribution in [3.8, 4) is 0 Å². The molecule has 2 N–H and O–H groups in total. The molecule has 5 atom stereocenters. The monoisotopic (exact) mass is 532 g/mol. The molecule has 2 aromatic rings. The molecule has 0 spiro atoms. The number of benzene rings is 2. The topological polar surface area (TPSA) is 69.6 Å². The van der Waals surface area contributed by atoms with Crippen molar-refractivity contribution in [3.05, 3.63) is 69.7 Å². The number of aliphatic hydroxyl groups excluding tert-OH is 1. The standard InChI is InChI=1S/C29H38Cl2N2O3/c1-7-24(18(2)34)33-26(19-11-13-21(30)14-12-19)23(20-9-8-10-22(31)15-20)16-29(6,27(33)36)17-25(35)32-28(3,4)5/h8-15,18,23-24,26,34H,7,16-17H2,1-6H3,(H,32,35)/t18-,23+,24-,26+,29+/m0/s1. The molecule has 1 aliphatic heterocycles. The van der Waals surface area contributed by atoms with E-state index in [0.717, 1.165) is 11.1 Å². The lowest BCUT2D eigenvalue weighted by Crippen LogP contribution is -2.59. The van der Waals surface area contributed by atoms with E-state index in [1.165, 1.54) is 0 Å². The van der Waals surface area contributed by atoms with Crippen molar-refractivity contribution in [2.75, 3.05) is 0 Å². The van der Waals surface area contributed by atoms with Crippen molar-refractivity contribution >= 4 is 35.0 Å². The van der Waals surface area contributed by atoms with Gasteiger partial charge in [0.05, 0.1) is 23.6 Å². The van der Waals surface area contributed by atoms with Gasteiger partial charge < -0.3 is 15.3 Å². The van der Waals surface area contributed by atoms with Crippen molar-refractivity contribution in [2.24, 2.45) is 5.41 Å². The number of carbonyl (C=O) groups excluding carboxylic acids is 2. The number of likely N-dealkylation sites (tertiary alicyclic amines) is 1. The van der Waals surface area contributed by atoms with E-state index >= 15 is 0 Å². The Bertz CT molecular complexity index is 1080. The molecule has 1 aliphatic rings. The summed E-state index contributed by atoms with van der Waals surface area (Å²) in [7, 11) is 0. The van der Waals surface area contributed by atoms with Gasteiger partial charge in [-0.05, 0) is 75.9 Å². The molecule has 36 heavy (non-hydrogen) atoms. The molecule has 2 amide bonds. The van der Waals surface area contributed by atoms with Crippen molar-refractivity contribution in [1.29, 1.82) is 0 Å². The molecule has 0 aromatic heterocycles. The summed E-state index contributed by atoms with van der Waals surface area (Å²) in [4.78, 5) is 29.2. The molecule has 1 heterocycles. The van der Waals surface area contributed by atoms with Crippen LogP contribution in [0.1, 0.15) is 83.9 Å². The second-order valence-corrected chi connectivity index (χ2v) is 12.2. The predicted molar refractivity (Wildman–Crippen MR) is 146 cm³/mol. The van der Waals surface area contributed by atoms with E-state index in [0.29, 0.717) is 22.9 Å². The van der Waals surface area contributed by atoms with E-state index in [1.807, 2.05) is 88.0 Å². The Balaban J connectivity index is 2.19. The summed E-state index contributed by atoms with van der Waals surface area (Å²) in [5.74, 6) is -0.446. The van der Waals surface area contributed by atoms with Crippen LogP contribution in [0.15, 0.2) is 48.5 Å². The minimum absolute atomic E-state index is 0.0558. The fourth-order valence-corrected chi connectivity index (χ4v) is 5.82. The Morgan fingerprint density at radius 3 is 2.31 bits per heavy atom. The van der Waals surface area contributed by atoms with Gasteiger partial charge in [-0.2, -0.15) is 0 Å². The fourth-order valence-electron chi connectivity index (χ4n) is 5.50. The van der Waals surface area contributed by atoms with Gasteiger partial charge in [-0.3, -0.25) is 9.59 Å². The predicted octanol–water partition coefficient (Wildman–Crippen LogP) is 6.52. The van der Waals surface area contributed by atoms with Gasteiger partial charge in [0.15, 0.2) is 0 Å². The molecule has 7 heteroatoms. The van der Waals surface area contributed by atoms with E-state index in [1.54, 1.807) is 6.92 Å². The second-order valence-electron chi connectivity index (χ2n) is 11.3. The number of halogens is 2. The molecule has 1 fully saturated rings. The average molecular weight is 534 g/mol. The van der Waals surface area contributed by atoms with Gasteiger partial charge in [0.2, 0.25) is 11.8 Å². The number of nitrogens with zero attached hydrogens (tertiary/aromatic N) is 1. The number of nitrogens with one attached hydrogen (secondary N) is 1. The Morgan fingerprint density at radius 1 is 1.14 bits per heavy atom. The van der Waals surface area contributed by atoms with Crippen molar-refractivity contribution < 1.29 is 14.7 Å². The number of amides is 2. The lowest BCUT2D eigenvalue weighted by Gasteiger charge is -2.52. The third-order valence-electron chi connectivity index (χ3n) is 6.99. The Labute approximate surface area is 225 Å². The molecule has 196 valence electrons. The van der Waals surface area contributed by atoms with Gasteiger partial charge in [-0.1, -0.05) is 61.3 Å². The SMILES string of the molecule is CC[C@@H]([C@H](C)O)N1C(=O)[C@@](C)(CC(=O)NC(C)(C)C)C[C@H](c2cccc(Cl)c2)[C@H]1c1ccc(Cl)cc1. The molecule has 0 bridgehead atoms. The van der Waals surface area contributed by atoms with Gasteiger partial charge in [-0.15, -0.1) is 0 Å². The van der Waals surface area contributed by atoms with Crippen LogP contribution in [0.25, 0.3) is 0 Å². The normalized spacial score (nSPS) is 24.4. The van der Waals surface area contributed by atoms with E-state index in [2.05, 4.69) is 5.32 Å². The lowest BCUT2D eigenvalue weighted by atomic mass is 9.66. The Kier molecular flexibility index (Phi) is 8.80. The maximum absolute atomic E-state index is 14.3. The number of carbonyl (C=O) groups is 2. The van der Waals surface area contributed by atoms with E-state index in [9.17, 15) is 14.7 Å². The molecule has 1 saturated heterocycles. The first-order chi connectivity index (χ1) is 16.8. The zero-order valence-electron chi connectivity index (χ0n) is 22.0. The first-order valence-electron chi connectivity index (χ1n) is 12.6. The van der Waals surface area contributed by atoms with Gasteiger partial charge >= 0.3 is 0 Å². The quantitative estimate of drug-likeness (QED) is 0.426. The second kappa shape index (κ2) is 11.1. The van der Waals surface area contributed by atoms with Crippen molar-refractivity contribution in [3.63, 3.8) is 0 Å². The highest BCUT2D eigenvalue weighted by Crippen LogP contribution is 2.52. The molecule has 5 nitrogen and oxygen atoms in total. The third kappa shape index (κ3) is 6.42. The molecular weight excluding hydrogens is 495 g/mol. The zero-order valence-corrected chi connectivity index (χ0v) is 23.5. The van der Waals surface area contributed by atoms with Crippen LogP contribution >= 0.6 is 23.2 Å². The first-order valence-corrected chi connectivity index (χ1v) is 13.3. The molecule has 0 radical (unpaired) electrons. The Hall–Kier alpha value is -2.08. The van der Waals surface area contributed by atoms with Crippen LogP contribution in [0, 0.1) is 5.41 Å². The highest BCUT2D eigenvalue weighted by molar-refractivity contribution is 6.30. The maximum Gasteiger partial charge on any atom is 0.229 e. The number of hydrogen-bond donors (Lipinski definition) is 2.